The summed E-state index contributed by atoms with van der Waals surface area (Å²) < 4.78 is 5.44. The number of benzene rings is 1. The summed E-state index contributed by atoms with van der Waals surface area (Å²) in [5.74, 6) is 0.975. The Morgan fingerprint density at radius 3 is 2.44 bits per heavy atom. The molecule has 2 nitrogen and oxygen atoms in total. The van der Waals surface area contributed by atoms with Gasteiger partial charge in [-0.15, -0.1) is 0 Å². The summed E-state index contributed by atoms with van der Waals surface area (Å²) in [4.78, 5) is 0. The standard InChI is InChI=1S/C16H25NO/c1-3-13-9-14(11-15(10-13)18-2)16(12-17)7-5-4-6-8-16/h9-11H,3-8,12,17H2,1-2H3. The summed E-state index contributed by atoms with van der Waals surface area (Å²) in [6, 6.07) is 6.66. The smallest absolute Gasteiger partial charge is 0.119 e. The highest BCUT2D eigenvalue weighted by Gasteiger charge is 2.32. The first-order chi connectivity index (χ1) is 8.74. The molecule has 1 fully saturated rings. The van der Waals surface area contributed by atoms with E-state index >= 15 is 0 Å². The van der Waals surface area contributed by atoms with Gasteiger partial charge in [-0.05, 0) is 42.5 Å². The molecule has 0 unspecified atom stereocenters. The monoisotopic (exact) mass is 247 g/mol. The van der Waals surface area contributed by atoms with E-state index in [1.165, 1.54) is 43.2 Å². The highest BCUT2D eigenvalue weighted by atomic mass is 16.5. The maximum atomic E-state index is 6.11. The second-order valence-electron chi connectivity index (χ2n) is 5.47. The van der Waals surface area contributed by atoms with Gasteiger partial charge in [0.2, 0.25) is 0 Å². The van der Waals surface area contributed by atoms with Crippen molar-refractivity contribution in [3.8, 4) is 5.75 Å². The molecule has 1 aliphatic carbocycles. The number of hydrogen-bond acceptors (Lipinski definition) is 2. The molecule has 0 aliphatic heterocycles. The van der Waals surface area contributed by atoms with E-state index in [1.54, 1.807) is 7.11 Å². The third-order valence-corrected chi connectivity index (χ3v) is 4.42. The summed E-state index contributed by atoms with van der Waals surface area (Å²) in [5.41, 5.74) is 9.04. The van der Waals surface area contributed by atoms with Gasteiger partial charge in [0.1, 0.15) is 5.75 Å². The number of ether oxygens (including phenoxy) is 1. The van der Waals surface area contributed by atoms with E-state index in [2.05, 4.69) is 25.1 Å². The lowest BCUT2D eigenvalue weighted by atomic mass is 9.69. The van der Waals surface area contributed by atoms with E-state index in [1.807, 2.05) is 0 Å². The number of aryl methyl sites for hydroxylation is 1. The fraction of sp³-hybridized carbons (Fsp3) is 0.625. The van der Waals surface area contributed by atoms with Crippen molar-refractivity contribution in [1.82, 2.24) is 0 Å². The first-order valence-electron chi connectivity index (χ1n) is 7.12. The van der Waals surface area contributed by atoms with Crippen molar-refractivity contribution < 1.29 is 4.74 Å². The van der Waals surface area contributed by atoms with E-state index in [9.17, 15) is 0 Å². The van der Waals surface area contributed by atoms with Gasteiger partial charge in [0.25, 0.3) is 0 Å². The lowest BCUT2D eigenvalue weighted by Crippen LogP contribution is -2.37. The van der Waals surface area contributed by atoms with Crippen molar-refractivity contribution >= 4 is 0 Å². The summed E-state index contributed by atoms with van der Waals surface area (Å²) in [6.45, 7) is 2.94. The predicted molar refractivity (Wildman–Crippen MR) is 76.2 cm³/mol. The van der Waals surface area contributed by atoms with Gasteiger partial charge < -0.3 is 10.5 Å². The van der Waals surface area contributed by atoms with Gasteiger partial charge in [0, 0.05) is 12.0 Å². The minimum atomic E-state index is 0.191. The molecule has 0 heterocycles. The van der Waals surface area contributed by atoms with Crippen LogP contribution < -0.4 is 10.5 Å². The molecule has 0 amide bonds. The van der Waals surface area contributed by atoms with Crippen molar-refractivity contribution in [3.05, 3.63) is 29.3 Å². The zero-order valence-electron chi connectivity index (χ0n) is 11.7. The molecule has 1 aromatic carbocycles. The van der Waals surface area contributed by atoms with Crippen LogP contribution >= 0.6 is 0 Å². The van der Waals surface area contributed by atoms with Crippen LogP contribution in [0, 0.1) is 0 Å². The van der Waals surface area contributed by atoms with Crippen LogP contribution in [0.25, 0.3) is 0 Å². The molecule has 2 rings (SSSR count). The highest BCUT2D eigenvalue weighted by Crippen LogP contribution is 2.40. The Kier molecular flexibility index (Phi) is 4.28. The van der Waals surface area contributed by atoms with Crippen molar-refractivity contribution in [3.63, 3.8) is 0 Å². The van der Waals surface area contributed by atoms with E-state index in [4.69, 9.17) is 10.5 Å². The third kappa shape index (κ3) is 2.54. The zero-order valence-corrected chi connectivity index (χ0v) is 11.7. The molecule has 0 saturated heterocycles. The Labute approximate surface area is 111 Å². The summed E-state index contributed by atoms with van der Waals surface area (Å²) in [7, 11) is 1.74. The van der Waals surface area contributed by atoms with Gasteiger partial charge in [0.15, 0.2) is 0 Å². The van der Waals surface area contributed by atoms with Gasteiger partial charge in [-0.25, -0.2) is 0 Å². The fourth-order valence-electron chi connectivity index (χ4n) is 3.13. The minimum Gasteiger partial charge on any atom is -0.497 e. The van der Waals surface area contributed by atoms with Crippen LogP contribution in [0.3, 0.4) is 0 Å². The largest absolute Gasteiger partial charge is 0.497 e. The highest BCUT2D eigenvalue weighted by molar-refractivity contribution is 5.39. The number of nitrogens with two attached hydrogens (primary N) is 1. The number of methoxy groups -OCH3 is 1. The molecule has 0 spiro atoms. The molecule has 1 saturated carbocycles. The number of hydrogen-bond donors (Lipinski definition) is 1. The van der Waals surface area contributed by atoms with Crippen LogP contribution in [0.2, 0.25) is 0 Å². The molecule has 0 atom stereocenters. The SMILES string of the molecule is CCc1cc(OC)cc(C2(CN)CCCCC2)c1. The van der Waals surface area contributed by atoms with Gasteiger partial charge in [0.05, 0.1) is 7.11 Å². The molecule has 2 heteroatoms. The second kappa shape index (κ2) is 5.75. The molecule has 1 aliphatic rings. The van der Waals surface area contributed by atoms with Crippen LogP contribution in [0.1, 0.15) is 50.2 Å². The van der Waals surface area contributed by atoms with Crippen LogP contribution in [-0.4, -0.2) is 13.7 Å². The van der Waals surface area contributed by atoms with E-state index in [-0.39, 0.29) is 5.41 Å². The third-order valence-electron chi connectivity index (χ3n) is 4.42. The van der Waals surface area contributed by atoms with Crippen molar-refractivity contribution in [1.29, 1.82) is 0 Å². The fourth-order valence-corrected chi connectivity index (χ4v) is 3.13. The van der Waals surface area contributed by atoms with Crippen LogP contribution in [-0.2, 0) is 11.8 Å². The molecule has 1 aromatic rings. The lowest BCUT2D eigenvalue weighted by Gasteiger charge is -2.37. The summed E-state index contributed by atoms with van der Waals surface area (Å²) in [5, 5.41) is 0. The second-order valence-corrected chi connectivity index (χ2v) is 5.47. The molecule has 0 aromatic heterocycles. The van der Waals surface area contributed by atoms with Gasteiger partial charge in [-0.1, -0.05) is 32.3 Å². The molecular weight excluding hydrogens is 222 g/mol. The predicted octanol–water partition coefficient (Wildman–Crippen LogP) is 3.42. The Hall–Kier alpha value is -1.02. The van der Waals surface area contributed by atoms with Crippen molar-refractivity contribution in [2.45, 2.75) is 50.9 Å². The van der Waals surface area contributed by atoms with Gasteiger partial charge in [-0.3, -0.25) is 0 Å². The molecule has 2 N–H and O–H groups in total. The Bertz CT molecular complexity index is 372. The quantitative estimate of drug-likeness (QED) is 0.885. The molecule has 100 valence electrons. The normalized spacial score (nSPS) is 18.6. The average Bonchev–Trinajstić information content (AvgIpc) is 2.47. The Morgan fingerprint density at radius 1 is 1.17 bits per heavy atom. The summed E-state index contributed by atoms with van der Waals surface area (Å²) >= 11 is 0. The average molecular weight is 247 g/mol. The van der Waals surface area contributed by atoms with E-state index < -0.39 is 0 Å². The lowest BCUT2D eigenvalue weighted by molar-refractivity contribution is 0.299. The molecule has 0 bridgehead atoms. The first-order valence-corrected chi connectivity index (χ1v) is 7.12. The van der Waals surface area contributed by atoms with Gasteiger partial charge >= 0.3 is 0 Å². The maximum Gasteiger partial charge on any atom is 0.119 e. The Balaban J connectivity index is 2.40. The zero-order chi connectivity index (χ0) is 13.0. The Morgan fingerprint density at radius 2 is 1.89 bits per heavy atom. The molecule has 0 radical (unpaired) electrons. The van der Waals surface area contributed by atoms with Crippen molar-refractivity contribution in [2.24, 2.45) is 5.73 Å². The van der Waals surface area contributed by atoms with Gasteiger partial charge in [-0.2, -0.15) is 0 Å². The molecule has 18 heavy (non-hydrogen) atoms. The molecular formula is C16H25NO. The van der Waals surface area contributed by atoms with Crippen molar-refractivity contribution in [2.75, 3.05) is 13.7 Å². The number of rotatable bonds is 4. The van der Waals surface area contributed by atoms with E-state index in [0.29, 0.717) is 0 Å². The van der Waals surface area contributed by atoms with Crippen LogP contribution in [0.15, 0.2) is 18.2 Å². The maximum absolute atomic E-state index is 6.11. The van der Waals surface area contributed by atoms with Crippen LogP contribution in [0.4, 0.5) is 0 Å². The van der Waals surface area contributed by atoms with E-state index in [0.717, 1.165) is 18.7 Å². The topological polar surface area (TPSA) is 35.2 Å². The minimum absolute atomic E-state index is 0.191. The summed E-state index contributed by atoms with van der Waals surface area (Å²) in [6.07, 6.45) is 7.45. The first kappa shape index (κ1) is 13.4. The van der Waals surface area contributed by atoms with Crippen LogP contribution in [0.5, 0.6) is 5.75 Å².